The molecule has 0 aliphatic heterocycles. The first-order valence-corrected chi connectivity index (χ1v) is 7.84. The number of nitrogens with zero attached hydrogens (tertiary/aromatic N) is 1. The van der Waals surface area contributed by atoms with E-state index in [1.807, 2.05) is 0 Å². The van der Waals surface area contributed by atoms with Crippen molar-refractivity contribution in [2.75, 3.05) is 13.2 Å². The third-order valence-electron chi connectivity index (χ3n) is 3.71. The summed E-state index contributed by atoms with van der Waals surface area (Å²) in [5, 5.41) is 29.4. The largest absolute Gasteiger partial charge is 0.573 e. The minimum Gasteiger partial charge on any atom is -0.508 e. The van der Waals surface area contributed by atoms with Crippen LogP contribution in [-0.4, -0.2) is 45.5 Å². The number of H-pyrrole nitrogens is 1. The second-order valence-electron chi connectivity index (χ2n) is 5.61. The average Bonchev–Trinajstić information content (AvgIpc) is 2.90. The predicted octanol–water partition coefficient (Wildman–Crippen LogP) is 3.31. The Bertz CT molecular complexity index is 996. The molecule has 9 heteroatoms. The van der Waals surface area contributed by atoms with Gasteiger partial charge in [-0.25, -0.2) is 0 Å². The molecule has 2 aromatic carbocycles. The van der Waals surface area contributed by atoms with Crippen LogP contribution in [0, 0.1) is 0 Å². The van der Waals surface area contributed by atoms with Gasteiger partial charge in [-0.05, 0) is 30.3 Å². The summed E-state index contributed by atoms with van der Waals surface area (Å²) < 4.78 is 41.5. The van der Waals surface area contributed by atoms with Crippen LogP contribution in [0.3, 0.4) is 0 Å². The zero-order valence-corrected chi connectivity index (χ0v) is 13.8. The van der Waals surface area contributed by atoms with Crippen molar-refractivity contribution in [3.8, 4) is 17.4 Å². The van der Waals surface area contributed by atoms with Crippen LogP contribution in [0.2, 0.25) is 0 Å². The number of alkyl halides is 3. The summed E-state index contributed by atoms with van der Waals surface area (Å²) in [5.41, 5.74) is 1.13. The smallest absolute Gasteiger partial charge is 0.508 e. The number of aliphatic hydroxyl groups excluding tert-OH is 1. The maximum Gasteiger partial charge on any atom is 0.573 e. The maximum atomic E-state index is 12.5. The predicted molar refractivity (Wildman–Crippen MR) is 92.3 cm³/mol. The number of phenolic OH excluding ortho intramolecular Hbond substituents is 1. The van der Waals surface area contributed by atoms with E-state index in [4.69, 9.17) is 5.11 Å². The second-order valence-corrected chi connectivity index (χ2v) is 5.61. The molecule has 3 rings (SSSR count). The molecule has 0 saturated carbocycles. The molecule has 0 fully saturated rings. The first kappa shape index (κ1) is 18.6. The number of aliphatic hydroxyl groups is 1. The van der Waals surface area contributed by atoms with E-state index in [1.165, 1.54) is 18.2 Å². The highest BCUT2D eigenvalue weighted by molar-refractivity contribution is 6.21. The molecule has 1 heterocycles. The Morgan fingerprint density at radius 2 is 1.89 bits per heavy atom. The van der Waals surface area contributed by atoms with Gasteiger partial charge in [0, 0.05) is 16.5 Å². The van der Waals surface area contributed by atoms with Crippen molar-refractivity contribution in [2.24, 2.45) is 4.99 Å². The van der Waals surface area contributed by atoms with Gasteiger partial charge in [-0.3, -0.25) is 4.99 Å². The van der Waals surface area contributed by atoms with Crippen LogP contribution in [-0.2, 0) is 0 Å². The molecule has 6 nitrogen and oxygen atoms in total. The fourth-order valence-corrected chi connectivity index (χ4v) is 2.72. The molecule has 0 spiro atoms. The maximum absolute atomic E-state index is 12.5. The van der Waals surface area contributed by atoms with Crippen molar-refractivity contribution in [3.05, 3.63) is 53.6 Å². The summed E-state index contributed by atoms with van der Waals surface area (Å²) in [5.74, 6) is -0.813. The van der Waals surface area contributed by atoms with Crippen molar-refractivity contribution in [3.63, 3.8) is 0 Å². The highest BCUT2D eigenvalue weighted by Crippen LogP contribution is 2.34. The van der Waals surface area contributed by atoms with Crippen LogP contribution in [0.5, 0.6) is 17.4 Å². The van der Waals surface area contributed by atoms with Gasteiger partial charge in [0.1, 0.15) is 11.5 Å². The van der Waals surface area contributed by atoms with Crippen LogP contribution in [0.25, 0.3) is 10.9 Å². The van der Waals surface area contributed by atoms with Gasteiger partial charge in [0.2, 0.25) is 0 Å². The Hall–Kier alpha value is -3.20. The molecular weight excluding hydrogens is 365 g/mol. The zero-order valence-electron chi connectivity index (χ0n) is 13.8. The van der Waals surface area contributed by atoms with E-state index in [0.717, 1.165) is 12.1 Å². The summed E-state index contributed by atoms with van der Waals surface area (Å²) in [6.07, 6.45) is -4.86. The van der Waals surface area contributed by atoms with Crippen LogP contribution in [0.15, 0.2) is 47.5 Å². The van der Waals surface area contributed by atoms with Gasteiger partial charge in [0.15, 0.2) is 5.88 Å². The van der Waals surface area contributed by atoms with E-state index in [1.54, 1.807) is 12.1 Å². The Morgan fingerprint density at radius 3 is 2.56 bits per heavy atom. The fraction of sp³-hybridized carbons (Fsp3) is 0.167. The number of hydrogen-bond acceptors (Lipinski definition) is 5. The number of hydrogen-bond donors (Lipinski definition) is 4. The molecule has 0 radical (unpaired) electrons. The number of nitrogens with one attached hydrogen (secondary N) is 1. The SMILES string of the molecule is OCCN=C(c1cccc(O)c1)c1c(O)[nH]c2ccc(OC(F)(F)F)cc12. The first-order chi connectivity index (χ1) is 12.8. The minimum atomic E-state index is -4.86. The molecule has 0 atom stereocenters. The molecule has 1 aromatic heterocycles. The number of fused-ring (bicyclic) bond motifs is 1. The summed E-state index contributed by atoms with van der Waals surface area (Å²) in [7, 11) is 0. The number of ether oxygens (including phenoxy) is 1. The summed E-state index contributed by atoms with van der Waals surface area (Å²) in [4.78, 5) is 6.90. The zero-order chi connectivity index (χ0) is 19.6. The molecule has 0 saturated heterocycles. The van der Waals surface area contributed by atoms with E-state index in [0.29, 0.717) is 11.1 Å². The lowest BCUT2D eigenvalue weighted by molar-refractivity contribution is -0.274. The molecule has 142 valence electrons. The minimum absolute atomic E-state index is 0.00412. The van der Waals surface area contributed by atoms with E-state index in [9.17, 15) is 23.4 Å². The summed E-state index contributed by atoms with van der Waals surface area (Å²) in [6.45, 7) is -0.274. The van der Waals surface area contributed by atoms with E-state index < -0.39 is 12.1 Å². The molecule has 27 heavy (non-hydrogen) atoms. The van der Waals surface area contributed by atoms with Gasteiger partial charge in [-0.1, -0.05) is 12.1 Å². The molecule has 0 aliphatic rings. The normalized spacial score (nSPS) is 12.5. The topological polar surface area (TPSA) is 98.1 Å². The molecule has 0 bridgehead atoms. The third kappa shape index (κ3) is 4.14. The fourth-order valence-electron chi connectivity index (χ4n) is 2.72. The van der Waals surface area contributed by atoms with Gasteiger partial charge in [0.25, 0.3) is 0 Å². The first-order valence-electron chi connectivity index (χ1n) is 7.84. The number of aliphatic imine (C=N–C) groups is 1. The van der Waals surface area contributed by atoms with Crippen molar-refractivity contribution < 1.29 is 33.2 Å². The van der Waals surface area contributed by atoms with Crippen LogP contribution in [0.1, 0.15) is 11.1 Å². The van der Waals surface area contributed by atoms with Gasteiger partial charge in [-0.15, -0.1) is 13.2 Å². The Balaban J connectivity index is 2.19. The number of benzene rings is 2. The number of aromatic amines is 1. The number of halogens is 3. The molecule has 0 unspecified atom stereocenters. The average molecular weight is 380 g/mol. The van der Waals surface area contributed by atoms with Crippen molar-refractivity contribution in [1.29, 1.82) is 0 Å². The van der Waals surface area contributed by atoms with Crippen molar-refractivity contribution in [2.45, 2.75) is 6.36 Å². The van der Waals surface area contributed by atoms with Gasteiger partial charge < -0.3 is 25.0 Å². The highest BCUT2D eigenvalue weighted by atomic mass is 19.4. The van der Waals surface area contributed by atoms with Crippen molar-refractivity contribution >= 4 is 16.6 Å². The van der Waals surface area contributed by atoms with Crippen LogP contribution in [0.4, 0.5) is 13.2 Å². The van der Waals surface area contributed by atoms with E-state index in [2.05, 4.69) is 14.7 Å². The lowest BCUT2D eigenvalue weighted by atomic mass is 10.0. The van der Waals surface area contributed by atoms with Crippen LogP contribution >= 0.6 is 0 Å². The molecule has 0 aliphatic carbocycles. The monoisotopic (exact) mass is 380 g/mol. The van der Waals surface area contributed by atoms with Gasteiger partial charge in [0.05, 0.1) is 24.4 Å². The number of phenols is 1. The summed E-state index contributed by atoms with van der Waals surface area (Å²) in [6, 6.07) is 9.60. The van der Waals surface area contributed by atoms with E-state index >= 15 is 0 Å². The number of aromatic nitrogens is 1. The molecule has 3 aromatic rings. The lowest BCUT2D eigenvalue weighted by Crippen LogP contribution is -2.17. The van der Waals surface area contributed by atoms with Gasteiger partial charge in [-0.2, -0.15) is 0 Å². The van der Waals surface area contributed by atoms with Crippen LogP contribution < -0.4 is 4.74 Å². The number of rotatable bonds is 5. The Labute approximate surface area is 151 Å². The number of aromatic hydroxyl groups is 2. The lowest BCUT2D eigenvalue weighted by Gasteiger charge is -2.10. The molecule has 4 N–H and O–H groups in total. The second kappa shape index (κ2) is 7.20. The van der Waals surface area contributed by atoms with Crippen molar-refractivity contribution in [1.82, 2.24) is 4.98 Å². The van der Waals surface area contributed by atoms with Gasteiger partial charge >= 0.3 is 6.36 Å². The molecular formula is C18H15F3N2O4. The quantitative estimate of drug-likeness (QED) is 0.511. The highest BCUT2D eigenvalue weighted by Gasteiger charge is 2.31. The standard InChI is InChI=1S/C18H15F3N2O4/c19-18(20,21)27-12-4-5-14-13(9-12)15(17(26)23-14)16(22-6-7-24)10-2-1-3-11(25)8-10/h1-5,8-9,23-26H,6-7H2. The van der Waals surface area contributed by atoms with E-state index in [-0.39, 0.29) is 41.4 Å². The molecule has 0 amide bonds. The summed E-state index contributed by atoms with van der Waals surface area (Å²) >= 11 is 0. The Morgan fingerprint density at radius 1 is 1.11 bits per heavy atom. The third-order valence-corrected chi connectivity index (χ3v) is 3.71. The Kier molecular flexibility index (Phi) is 4.95.